The normalized spacial score (nSPS) is 21.0. The molecular weight excluding hydrogens is 304 g/mol. The number of hydrogen-bond donors (Lipinski definition) is 2. The minimum Gasteiger partial charge on any atom is -0.392 e. The zero-order valence-corrected chi connectivity index (χ0v) is 12.5. The van der Waals surface area contributed by atoms with Crippen LogP contribution in [0.2, 0.25) is 0 Å². The summed E-state index contributed by atoms with van der Waals surface area (Å²) in [6.07, 6.45) is 1.97. The predicted molar refractivity (Wildman–Crippen MR) is 83.7 cm³/mol. The van der Waals surface area contributed by atoms with Crippen LogP contribution >= 0.6 is 12.4 Å². The SMILES string of the molecule is Cl.O[C@@H]1CN[C@@H](c2nc(-c3nccc4ccccc34)no2)C1. The molecule has 0 amide bonds. The van der Waals surface area contributed by atoms with E-state index >= 15 is 0 Å². The molecule has 3 aromatic rings. The van der Waals surface area contributed by atoms with Gasteiger partial charge < -0.3 is 14.9 Å². The second-order valence-electron chi connectivity index (χ2n) is 5.19. The number of hydrogen-bond acceptors (Lipinski definition) is 6. The highest BCUT2D eigenvalue weighted by Gasteiger charge is 2.28. The van der Waals surface area contributed by atoms with Crippen LogP contribution in [-0.2, 0) is 0 Å². The summed E-state index contributed by atoms with van der Waals surface area (Å²) < 4.78 is 5.33. The first-order chi connectivity index (χ1) is 10.3. The van der Waals surface area contributed by atoms with Crippen LogP contribution in [0.25, 0.3) is 22.3 Å². The molecule has 0 unspecified atom stereocenters. The number of aliphatic hydroxyl groups is 1. The summed E-state index contributed by atoms with van der Waals surface area (Å²) in [7, 11) is 0. The minimum absolute atomic E-state index is 0. The second-order valence-corrected chi connectivity index (χ2v) is 5.19. The maximum absolute atomic E-state index is 9.56. The van der Waals surface area contributed by atoms with E-state index < -0.39 is 0 Å². The van der Waals surface area contributed by atoms with Crippen molar-refractivity contribution >= 4 is 23.2 Å². The van der Waals surface area contributed by atoms with Crippen molar-refractivity contribution in [2.45, 2.75) is 18.6 Å². The number of fused-ring (bicyclic) bond motifs is 1. The summed E-state index contributed by atoms with van der Waals surface area (Å²) in [5.41, 5.74) is 0.710. The average Bonchev–Trinajstić information content (AvgIpc) is 3.15. The number of rotatable bonds is 2. The lowest BCUT2D eigenvalue weighted by Crippen LogP contribution is -2.15. The quantitative estimate of drug-likeness (QED) is 0.753. The van der Waals surface area contributed by atoms with E-state index in [0.717, 1.165) is 10.8 Å². The molecule has 2 N–H and O–H groups in total. The lowest BCUT2D eigenvalue weighted by molar-refractivity contribution is 0.191. The fourth-order valence-corrected chi connectivity index (χ4v) is 2.68. The second kappa shape index (κ2) is 6.00. The van der Waals surface area contributed by atoms with E-state index in [1.54, 1.807) is 6.20 Å². The molecule has 114 valence electrons. The van der Waals surface area contributed by atoms with Crippen molar-refractivity contribution in [3.05, 3.63) is 42.4 Å². The molecule has 0 radical (unpaired) electrons. The predicted octanol–water partition coefficient (Wildman–Crippen LogP) is 2.10. The Morgan fingerprint density at radius 1 is 1.23 bits per heavy atom. The van der Waals surface area contributed by atoms with Crippen molar-refractivity contribution in [2.75, 3.05) is 6.54 Å². The first kappa shape index (κ1) is 14.9. The van der Waals surface area contributed by atoms with Gasteiger partial charge in [-0.25, -0.2) is 0 Å². The highest BCUT2D eigenvalue weighted by molar-refractivity contribution is 5.92. The van der Waals surface area contributed by atoms with Gasteiger partial charge in [-0.1, -0.05) is 29.4 Å². The Hall–Kier alpha value is -2.02. The number of benzene rings is 1. The molecule has 1 aliphatic rings. The van der Waals surface area contributed by atoms with Gasteiger partial charge >= 0.3 is 0 Å². The highest BCUT2D eigenvalue weighted by atomic mass is 35.5. The Morgan fingerprint density at radius 3 is 2.91 bits per heavy atom. The van der Waals surface area contributed by atoms with Crippen LogP contribution in [0.5, 0.6) is 0 Å². The first-order valence-corrected chi connectivity index (χ1v) is 6.90. The van der Waals surface area contributed by atoms with Crippen LogP contribution in [0, 0.1) is 0 Å². The molecule has 2 atom stereocenters. The maximum Gasteiger partial charge on any atom is 0.244 e. The van der Waals surface area contributed by atoms with E-state index in [-0.39, 0.29) is 24.6 Å². The van der Waals surface area contributed by atoms with E-state index in [2.05, 4.69) is 20.4 Å². The van der Waals surface area contributed by atoms with Crippen LogP contribution in [0.3, 0.4) is 0 Å². The Bertz CT molecular complexity index is 787. The lowest BCUT2D eigenvalue weighted by atomic mass is 10.1. The minimum atomic E-state index is -0.360. The number of β-amino-alcohol motifs (C(OH)–C–C–N with tert-alkyl or cyclic N) is 1. The molecule has 2 aromatic heterocycles. The van der Waals surface area contributed by atoms with Crippen molar-refractivity contribution in [3.63, 3.8) is 0 Å². The molecule has 0 saturated carbocycles. The van der Waals surface area contributed by atoms with Crippen LogP contribution < -0.4 is 5.32 Å². The smallest absolute Gasteiger partial charge is 0.244 e. The van der Waals surface area contributed by atoms with Gasteiger partial charge in [-0.15, -0.1) is 12.4 Å². The zero-order chi connectivity index (χ0) is 14.2. The highest BCUT2D eigenvalue weighted by Crippen LogP contribution is 2.27. The van der Waals surface area contributed by atoms with Crippen molar-refractivity contribution < 1.29 is 9.63 Å². The Labute approximate surface area is 133 Å². The summed E-state index contributed by atoms with van der Waals surface area (Å²) >= 11 is 0. The average molecular weight is 319 g/mol. The van der Waals surface area contributed by atoms with Gasteiger partial charge in [0.1, 0.15) is 5.69 Å². The molecular formula is C15H15ClN4O2. The molecule has 6 nitrogen and oxygen atoms in total. The number of aromatic nitrogens is 3. The molecule has 0 bridgehead atoms. The largest absolute Gasteiger partial charge is 0.392 e. The molecule has 1 fully saturated rings. The van der Waals surface area contributed by atoms with Gasteiger partial charge in [-0.05, 0) is 17.9 Å². The summed E-state index contributed by atoms with van der Waals surface area (Å²) in [6.45, 7) is 0.550. The van der Waals surface area contributed by atoms with E-state index in [1.165, 1.54) is 0 Å². The topological polar surface area (TPSA) is 84.1 Å². The van der Waals surface area contributed by atoms with Gasteiger partial charge in [0.05, 0.1) is 12.1 Å². The third-order valence-electron chi connectivity index (χ3n) is 3.73. The fraction of sp³-hybridized carbons (Fsp3) is 0.267. The van der Waals surface area contributed by atoms with Gasteiger partial charge in [-0.3, -0.25) is 4.98 Å². The van der Waals surface area contributed by atoms with Crippen LogP contribution in [0.4, 0.5) is 0 Å². The van der Waals surface area contributed by atoms with E-state index in [1.807, 2.05) is 30.3 Å². The van der Waals surface area contributed by atoms with Gasteiger partial charge in [0.2, 0.25) is 11.7 Å². The van der Waals surface area contributed by atoms with Gasteiger partial charge in [-0.2, -0.15) is 4.98 Å². The van der Waals surface area contributed by atoms with E-state index in [4.69, 9.17) is 4.52 Å². The van der Waals surface area contributed by atoms with E-state index in [9.17, 15) is 5.11 Å². The molecule has 3 heterocycles. The van der Waals surface area contributed by atoms with Crippen molar-refractivity contribution in [1.82, 2.24) is 20.4 Å². The Balaban J connectivity index is 0.00000144. The number of aliphatic hydroxyl groups excluding tert-OH is 1. The monoisotopic (exact) mass is 318 g/mol. The fourth-order valence-electron chi connectivity index (χ4n) is 2.68. The Kier molecular flexibility index (Phi) is 4.06. The third kappa shape index (κ3) is 2.56. The first-order valence-electron chi connectivity index (χ1n) is 6.90. The van der Waals surface area contributed by atoms with Gasteiger partial charge in [0.15, 0.2) is 0 Å². The van der Waals surface area contributed by atoms with Crippen LogP contribution in [0.1, 0.15) is 18.4 Å². The third-order valence-corrected chi connectivity index (χ3v) is 3.73. The molecule has 0 aliphatic carbocycles. The summed E-state index contributed by atoms with van der Waals surface area (Å²) in [5, 5.41) is 18.8. The lowest BCUT2D eigenvalue weighted by Gasteiger charge is -2.02. The van der Waals surface area contributed by atoms with Crippen LogP contribution in [0.15, 0.2) is 41.1 Å². The Morgan fingerprint density at radius 2 is 2.09 bits per heavy atom. The van der Waals surface area contributed by atoms with Crippen molar-refractivity contribution in [2.24, 2.45) is 0 Å². The molecule has 1 saturated heterocycles. The van der Waals surface area contributed by atoms with Gasteiger partial charge in [0.25, 0.3) is 0 Å². The van der Waals surface area contributed by atoms with Crippen molar-refractivity contribution in [3.8, 4) is 11.5 Å². The number of halogens is 1. The summed E-state index contributed by atoms with van der Waals surface area (Å²) in [5.74, 6) is 0.973. The van der Waals surface area contributed by atoms with Crippen LogP contribution in [-0.4, -0.2) is 32.9 Å². The summed E-state index contributed by atoms with van der Waals surface area (Å²) in [6, 6.07) is 9.83. The molecule has 0 spiro atoms. The summed E-state index contributed by atoms with van der Waals surface area (Å²) in [4.78, 5) is 8.81. The molecule has 1 aliphatic heterocycles. The molecule has 7 heteroatoms. The molecule has 4 rings (SSSR count). The number of nitrogens with zero attached hydrogens (tertiary/aromatic N) is 3. The zero-order valence-electron chi connectivity index (χ0n) is 11.6. The maximum atomic E-state index is 9.56. The molecule has 22 heavy (non-hydrogen) atoms. The number of nitrogens with one attached hydrogen (secondary N) is 1. The standard InChI is InChI=1S/C15H14N4O2.ClH/c20-10-7-12(17-8-10)15-18-14(19-21-15)13-11-4-2-1-3-9(11)5-6-16-13;/h1-6,10,12,17,20H,7-8H2;1H/t10-,12+;/m0./s1. The van der Waals surface area contributed by atoms with Crippen molar-refractivity contribution in [1.29, 1.82) is 0 Å². The van der Waals surface area contributed by atoms with E-state index in [0.29, 0.717) is 30.4 Å². The molecule has 1 aromatic carbocycles. The number of pyridine rings is 1. The van der Waals surface area contributed by atoms with Gasteiger partial charge in [0, 0.05) is 18.1 Å².